The summed E-state index contributed by atoms with van der Waals surface area (Å²) in [5, 5.41) is 2.83. The summed E-state index contributed by atoms with van der Waals surface area (Å²) in [5.41, 5.74) is 7.22. The fourth-order valence-electron chi connectivity index (χ4n) is 3.56. The molecule has 0 saturated heterocycles. The molecule has 0 saturated carbocycles. The van der Waals surface area contributed by atoms with Crippen LogP contribution in [0.25, 0.3) is 0 Å². The number of ether oxygens (including phenoxy) is 1. The zero-order chi connectivity index (χ0) is 23.3. The quantitative estimate of drug-likeness (QED) is 0.681. The number of nitrogens with one attached hydrogen (secondary N) is 1. The number of carbonyl (C=O) groups excluding carboxylic acids is 3. The molecule has 2 aromatic rings. The number of nitrogens with zero attached hydrogens (tertiary/aromatic N) is 1. The molecule has 0 aliphatic heterocycles. The molecule has 0 bridgehead atoms. The van der Waals surface area contributed by atoms with Gasteiger partial charge in [0, 0.05) is 12.7 Å². The van der Waals surface area contributed by atoms with E-state index < -0.39 is 18.5 Å². The molecule has 166 valence electrons. The van der Waals surface area contributed by atoms with E-state index in [-0.39, 0.29) is 12.5 Å². The van der Waals surface area contributed by atoms with Crippen molar-refractivity contribution in [2.45, 2.75) is 48.0 Å². The van der Waals surface area contributed by atoms with Gasteiger partial charge in [-0.15, -0.1) is 0 Å². The van der Waals surface area contributed by atoms with Gasteiger partial charge in [-0.2, -0.15) is 0 Å². The van der Waals surface area contributed by atoms with Gasteiger partial charge in [0.25, 0.3) is 5.91 Å². The van der Waals surface area contributed by atoms with E-state index in [0.29, 0.717) is 5.56 Å². The number of likely N-dealkylation sites (N-methyl/N-ethyl adjacent to an activating group) is 1. The van der Waals surface area contributed by atoms with E-state index in [1.165, 1.54) is 11.9 Å². The van der Waals surface area contributed by atoms with Crippen LogP contribution in [-0.4, -0.2) is 42.9 Å². The van der Waals surface area contributed by atoms with Crippen LogP contribution >= 0.6 is 0 Å². The lowest BCUT2D eigenvalue weighted by Gasteiger charge is -2.19. The van der Waals surface area contributed by atoms with Gasteiger partial charge in [0.1, 0.15) is 0 Å². The second kappa shape index (κ2) is 10.2. The van der Waals surface area contributed by atoms with Crippen LogP contribution in [0, 0.1) is 34.6 Å². The lowest BCUT2D eigenvalue weighted by atomic mass is 9.90. The van der Waals surface area contributed by atoms with Gasteiger partial charge >= 0.3 is 5.97 Å². The third-order valence-electron chi connectivity index (χ3n) is 6.01. The molecule has 2 rings (SSSR count). The second-order valence-corrected chi connectivity index (χ2v) is 7.88. The summed E-state index contributed by atoms with van der Waals surface area (Å²) in [6.45, 7) is 11.2. The summed E-state index contributed by atoms with van der Waals surface area (Å²) in [4.78, 5) is 38.7. The molecule has 0 heterocycles. The normalized spacial score (nSPS) is 10.5. The van der Waals surface area contributed by atoms with Gasteiger partial charge in [-0.1, -0.05) is 25.1 Å². The largest absolute Gasteiger partial charge is 0.452 e. The third-order valence-corrected chi connectivity index (χ3v) is 6.01. The second-order valence-electron chi connectivity index (χ2n) is 7.88. The summed E-state index contributed by atoms with van der Waals surface area (Å²) in [7, 11) is 1.51. The minimum Gasteiger partial charge on any atom is -0.452 e. The molecule has 1 N–H and O–H groups in total. The van der Waals surface area contributed by atoms with Gasteiger partial charge in [-0.3, -0.25) is 9.59 Å². The molecule has 0 radical (unpaired) electrons. The molecule has 0 spiro atoms. The molecule has 0 aliphatic rings. The highest BCUT2D eigenvalue weighted by Crippen LogP contribution is 2.26. The predicted octanol–water partition coefficient (Wildman–Crippen LogP) is 4.05. The van der Waals surface area contributed by atoms with E-state index in [1.807, 2.05) is 65.8 Å². The van der Waals surface area contributed by atoms with Crippen LogP contribution in [0.1, 0.15) is 50.7 Å². The minimum absolute atomic E-state index is 0.130. The summed E-state index contributed by atoms with van der Waals surface area (Å²) in [5.74, 6) is -1.27. The molecular weight excluding hydrogens is 392 g/mol. The van der Waals surface area contributed by atoms with Gasteiger partial charge in [0.05, 0.1) is 12.1 Å². The van der Waals surface area contributed by atoms with Crippen LogP contribution in [0.3, 0.4) is 0 Å². The van der Waals surface area contributed by atoms with Crippen molar-refractivity contribution < 1.29 is 19.1 Å². The molecule has 0 aromatic heterocycles. The molecule has 0 atom stereocenters. The van der Waals surface area contributed by atoms with Crippen molar-refractivity contribution in [2.75, 3.05) is 25.5 Å². The summed E-state index contributed by atoms with van der Waals surface area (Å²) < 4.78 is 5.30. The van der Waals surface area contributed by atoms with Crippen LogP contribution < -0.4 is 5.32 Å². The first-order valence-electron chi connectivity index (χ1n) is 10.4. The van der Waals surface area contributed by atoms with Crippen LogP contribution in [0.2, 0.25) is 0 Å². The Morgan fingerprint density at radius 3 is 2.03 bits per heavy atom. The van der Waals surface area contributed by atoms with E-state index in [9.17, 15) is 14.4 Å². The van der Waals surface area contributed by atoms with Crippen LogP contribution in [-0.2, 0) is 20.7 Å². The Labute approximate surface area is 184 Å². The number of hydrogen-bond acceptors (Lipinski definition) is 4. The minimum atomic E-state index is -0.524. The average Bonchev–Trinajstić information content (AvgIpc) is 2.74. The average molecular weight is 425 g/mol. The van der Waals surface area contributed by atoms with Crippen molar-refractivity contribution in [1.82, 2.24) is 4.90 Å². The topological polar surface area (TPSA) is 75.7 Å². The van der Waals surface area contributed by atoms with Crippen molar-refractivity contribution in [3.63, 3.8) is 0 Å². The number of aryl methyl sites for hydroxylation is 1. The van der Waals surface area contributed by atoms with Gasteiger partial charge in [0.15, 0.2) is 6.61 Å². The monoisotopic (exact) mass is 424 g/mol. The zero-order valence-electron chi connectivity index (χ0n) is 19.5. The van der Waals surface area contributed by atoms with Gasteiger partial charge in [-0.25, -0.2) is 4.79 Å². The summed E-state index contributed by atoms with van der Waals surface area (Å²) >= 11 is 0. The Morgan fingerprint density at radius 2 is 1.45 bits per heavy atom. The summed E-state index contributed by atoms with van der Waals surface area (Å²) in [6.07, 6.45) is 0.790. The first kappa shape index (κ1) is 24.1. The van der Waals surface area contributed by atoms with E-state index in [2.05, 4.69) is 5.32 Å². The van der Waals surface area contributed by atoms with Crippen molar-refractivity contribution >= 4 is 23.5 Å². The molecule has 6 heteroatoms. The molecule has 6 nitrogen and oxygen atoms in total. The SMILES string of the molecule is CCc1ccccc1NC(=O)CN(C)C(=O)COC(=O)c1c(C)c(C)c(C)c(C)c1C. The van der Waals surface area contributed by atoms with Gasteiger partial charge in [0.2, 0.25) is 5.91 Å². The number of esters is 1. The number of para-hydroxylation sites is 1. The first-order chi connectivity index (χ1) is 14.6. The van der Waals surface area contributed by atoms with Crippen LogP contribution in [0.5, 0.6) is 0 Å². The van der Waals surface area contributed by atoms with Crippen molar-refractivity contribution in [2.24, 2.45) is 0 Å². The Balaban J connectivity index is 1.98. The maximum Gasteiger partial charge on any atom is 0.339 e. The molecule has 31 heavy (non-hydrogen) atoms. The van der Waals surface area contributed by atoms with E-state index in [4.69, 9.17) is 4.74 Å². The number of carbonyl (C=O) groups is 3. The number of amides is 2. The maximum absolute atomic E-state index is 12.7. The highest BCUT2D eigenvalue weighted by atomic mass is 16.5. The van der Waals surface area contributed by atoms with Crippen molar-refractivity contribution in [1.29, 1.82) is 0 Å². The van der Waals surface area contributed by atoms with E-state index >= 15 is 0 Å². The Kier molecular flexibility index (Phi) is 7.97. The molecule has 0 fully saturated rings. The molecule has 0 aliphatic carbocycles. The van der Waals surface area contributed by atoms with Gasteiger partial charge in [-0.05, 0) is 80.5 Å². The van der Waals surface area contributed by atoms with Crippen LogP contribution in [0.4, 0.5) is 5.69 Å². The van der Waals surface area contributed by atoms with Crippen molar-refractivity contribution in [3.8, 4) is 0 Å². The lowest BCUT2D eigenvalue weighted by molar-refractivity contribution is -0.136. The first-order valence-corrected chi connectivity index (χ1v) is 10.4. The molecule has 2 aromatic carbocycles. The number of benzene rings is 2. The third kappa shape index (κ3) is 5.51. The number of rotatable bonds is 7. The number of hydrogen-bond donors (Lipinski definition) is 1. The smallest absolute Gasteiger partial charge is 0.339 e. The standard InChI is InChI=1S/C25H32N2O4/c1-8-20-11-9-10-12-21(20)26-22(28)13-27(7)23(29)14-31-25(30)24-18(5)16(3)15(2)17(4)19(24)6/h9-12H,8,13-14H2,1-7H3,(H,26,28). The fraction of sp³-hybridized carbons (Fsp3) is 0.400. The highest BCUT2D eigenvalue weighted by molar-refractivity contribution is 5.97. The maximum atomic E-state index is 12.7. The molecule has 2 amide bonds. The lowest BCUT2D eigenvalue weighted by Crippen LogP contribution is -2.37. The van der Waals surface area contributed by atoms with E-state index in [1.54, 1.807) is 0 Å². The Bertz CT molecular complexity index is 982. The van der Waals surface area contributed by atoms with E-state index in [0.717, 1.165) is 45.5 Å². The fourth-order valence-corrected chi connectivity index (χ4v) is 3.56. The predicted molar refractivity (Wildman–Crippen MR) is 122 cm³/mol. The van der Waals surface area contributed by atoms with Crippen molar-refractivity contribution in [3.05, 3.63) is 63.2 Å². The zero-order valence-corrected chi connectivity index (χ0v) is 19.5. The van der Waals surface area contributed by atoms with Crippen LogP contribution in [0.15, 0.2) is 24.3 Å². The number of anilines is 1. The Hall–Kier alpha value is -3.15. The Morgan fingerprint density at radius 1 is 0.903 bits per heavy atom. The molecular formula is C25H32N2O4. The highest BCUT2D eigenvalue weighted by Gasteiger charge is 2.21. The van der Waals surface area contributed by atoms with Gasteiger partial charge < -0.3 is 15.0 Å². The summed E-state index contributed by atoms with van der Waals surface area (Å²) in [6, 6.07) is 7.54. The molecule has 0 unspecified atom stereocenters.